The third kappa shape index (κ3) is 2.76. The summed E-state index contributed by atoms with van der Waals surface area (Å²) in [6.07, 6.45) is 3.98. The first-order chi connectivity index (χ1) is 11.7. The van der Waals surface area contributed by atoms with Crippen molar-refractivity contribution in [2.45, 2.75) is 25.7 Å². The predicted octanol–water partition coefficient (Wildman–Crippen LogP) is 4.64. The fourth-order valence-corrected chi connectivity index (χ4v) is 3.49. The molecule has 0 saturated heterocycles. The topological polar surface area (TPSA) is 45.8 Å². The largest absolute Gasteiger partial charge is 0.268 e. The van der Waals surface area contributed by atoms with Crippen molar-refractivity contribution in [1.29, 1.82) is 0 Å². The van der Waals surface area contributed by atoms with E-state index in [1.807, 2.05) is 24.3 Å². The SMILES string of the molecule is O=c1[nH]nc(-c2ccc(-c3ccc(Cl)cc3)cc2)c2c1CCCC2. The van der Waals surface area contributed by atoms with E-state index >= 15 is 0 Å². The van der Waals surface area contributed by atoms with E-state index in [-0.39, 0.29) is 5.56 Å². The summed E-state index contributed by atoms with van der Waals surface area (Å²) in [6.45, 7) is 0. The Kier molecular flexibility index (Phi) is 3.95. The third-order valence-corrected chi connectivity index (χ3v) is 4.88. The lowest BCUT2D eigenvalue weighted by Gasteiger charge is -2.17. The van der Waals surface area contributed by atoms with E-state index < -0.39 is 0 Å². The summed E-state index contributed by atoms with van der Waals surface area (Å²) in [4.78, 5) is 12.0. The first kappa shape index (κ1) is 15.2. The number of hydrogen-bond acceptors (Lipinski definition) is 2. The van der Waals surface area contributed by atoms with Gasteiger partial charge >= 0.3 is 0 Å². The van der Waals surface area contributed by atoms with Gasteiger partial charge in [-0.25, -0.2) is 5.10 Å². The van der Waals surface area contributed by atoms with E-state index in [1.165, 1.54) is 0 Å². The smallest absolute Gasteiger partial charge is 0.267 e. The lowest BCUT2D eigenvalue weighted by Crippen LogP contribution is -2.21. The summed E-state index contributed by atoms with van der Waals surface area (Å²) in [5.41, 5.74) is 6.20. The number of hydrogen-bond donors (Lipinski definition) is 1. The molecule has 1 N–H and O–H groups in total. The van der Waals surface area contributed by atoms with Crippen LogP contribution in [0.5, 0.6) is 0 Å². The molecule has 24 heavy (non-hydrogen) atoms. The Bertz CT molecular complexity index is 927. The van der Waals surface area contributed by atoms with Gasteiger partial charge in [0.05, 0.1) is 5.69 Å². The van der Waals surface area contributed by atoms with Crippen LogP contribution in [0.15, 0.2) is 53.3 Å². The number of halogens is 1. The van der Waals surface area contributed by atoms with Crippen molar-refractivity contribution in [2.75, 3.05) is 0 Å². The van der Waals surface area contributed by atoms with E-state index in [4.69, 9.17) is 11.6 Å². The Morgan fingerprint density at radius 3 is 2.00 bits per heavy atom. The van der Waals surface area contributed by atoms with Crippen molar-refractivity contribution in [3.8, 4) is 22.4 Å². The molecule has 1 aliphatic carbocycles. The molecule has 0 bridgehead atoms. The normalized spacial score (nSPS) is 13.5. The number of benzene rings is 2. The summed E-state index contributed by atoms with van der Waals surface area (Å²) in [5.74, 6) is 0. The molecule has 1 aliphatic rings. The number of rotatable bonds is 2. The molecule has 0 amide bonds. The van der Waals surface area contributed by atoms with E-state index in [2.05, 4.69) is 34.5 Å². The first-order valence-corrected chi connectivity index (χ1v) is 8.57. The van der Waals surface area contributed by atoms with Crippen molar-refractivity contribution in [2.24, 2.45) is 0 Å². The van der Waals surface area contributed by atoms with Gasteiger partial charge in [-0.3, -0.25) is 4.79 Å². The highest BCUT2D eigenvalue weighted by Gasteiger charge is 2.18. The van der Waals surface area contributed by atoms with Gasteiger partial charge in [0.1, 0.15) is 0 Å². The van der Waals surface area contributed by atoms with Gasteiger partial charge in [0.15, 0.2) is 0 Å². The standard InChI is InChI=1S/C20H17ClN2O/c21-16-11-9-14(10-12-16)13-5-7-15(8-6-13)19-17-3-1-2-4-18(17)20(24)23-22-19/h5-12H,1-4H2,(H,23,24). The van der Waals surface area contributed by atoms with Crippen LogP contribution in [-0.2, 0) is 12.8 Å². The van der Waals surface area contributed by atoms with Crippen molar-refractivity contribution < 1.29 is 0 Å². The highest BCUT2D eigenvalue weighted by Crippen LogP contribution is 2.29. The lowest BCUT2D eigenvalue weighted by atomic mass is 9.89. The van der Waals surface area contributed by atoms with Crippen LogP contribution in [0.25, 0.3) is 22.4 Å². The second kappa shape index (κ2) is 6.25. The highest BCUT2D eigenvalue weighted by atomic mass is 35.5. The molecule has 3 nitrogen and oxygen atoms in total. The van der Waals surface area contributed by atoms with Crippen LogP contribution in [0.4, 0.5) is 0 Å². The van der Waals surface area contributed by atoms with Crippen LogP contribution >= 0.6 is 11.6 Å². The summed E-state index contributed by atoms with van der Waals surface area (Å²) in [6, 6.07) is 16.1. The van der Waals surface area contributed by atoms with Crippen LogP contribution in [-0.4, -0.2) is 10.2 Å². The van der Waals surface area contributed by atoms with Gasteiger partial charge < -0.3 is 0 Å². The van der Waals surface area contributed by atoms with Gasteiger partial charge in [-0.2, -0.15) is 5.10 Å². The molecular formula is C20H17ClN2O. The summed E-state index contributed by atoms with van der Waals surface area (Å²) in [5, 5.41) is 7.72. The van der Waals surface area contributed by atoms with Crippen LogP contribution in [0.2, 0.25) is 5.02 Å². The number of fused-ring (bicyclic) bond motifs is 1. The zero-order chi connectivity index (χ0) is 16.5. The maximum Gasteiger partial charge on any atom is 0.267 e. The molecule has 0 unspecified atom stereocenters. The fourth-order valence-electron chi connectivity index (χ4n) is 3.36. The van der Waals surface area contributed by atoms with Gasteiger partial charge in [-0.05, 0) is 54.5 Å². The number of aromatic nitrogens is 2. The second-order valence-electron chi connectivity index (χ2n) is 6.15. The molecule has 0 spiro atoms. The Balaban J connectivity index is 1.73. The average molecular weight is 337 g/mol. The molecule has 4 rings (SSSR count). The van der Waals surface area contributed by atoms with Crippen LogP contribution in [0.3, 0.4) is 0 Å². The van der Waals surface area contributed by atoms with Crippen molar-refractivity contribution in [3.05, 3.63) is 75.0 Å². The maximum atomic E-state index is 12.0. The molecule has 0 saturated carbocycles. The van der Waals surface area contributed by atoms with Gasteiger partial charge in [0.25, 0.3) is 5.56 Å². The molecule has 0 radical (unpaired) electrons. The summed E-state index contributed by atoms with van der Waals surface area (Å²) < 4.78 is 0. The maximum absolute atomic E-state index is 12.0. The number of nitrogens with one attached hydrogen (secondary N) is 1. The minimum absolute atomic E-state index is 0.0359. The molecular weight excluding hydrogens is 320 g/mol. The van der Waals surface area contributed by atoms with Gasteiger partial charge in [-0.1, -0.05) is 48.0 Å². The molecule has 3 aromatic rings. The van der Waals surface area contributed by atoms with E-state index in [0.717, 1.165) is 64.2 Å². The van der Waals surface area contributed by atoms with E-state index in [1.54, 1.807) is 0 Å². The summed E-state index contributed by atoms with van der Waals surface area (Å²) >= 11 is 5.95. The Hall–Kier alpha value is -2.39. The van der Waals surface area contributed by atoms with Crippen LogP contribution in [0.1, 0.15) is 24.0 Å². The quantitative estimate of drug-likeness (QED) is 0.741. The Labute approximate surface area is 145 Å². The van der Waals surface area contributed by atoms with Crippen LogP contribution < -0.4 is 5.56 Å². The number of aromatic amines is 1. The number of nitrogens with zero attached hydrogens (tertiary/aromatic N) is 1. The van der Waals surface area contributed by atoms with E-state index in [9.17, 15) is 4.79 Å². The minimum Gasteiger partial charge on any atom is -0.268 e. The highest BCUT2D eigenvalue weighted by molar-refractivity contribution is 6.30. The zero-order valence-electron chi connectivity index (χ0n) is 13.2. The first-order valence-electron chi connectivity index (χ1n) is 8.19. The van der Waals surface area contributed by atoms with Crippen molar-refractivity contribution >= 4 is 11.6 Å². The van der Waals surface area contributed by atoms with Gasteiger partial charge in [0, 0.05) is 16.1 Å². The molecule has 2 aromatic carbocycles. The zero-order valence-corrected chi connectivity index (χ0v) is 13.9. The third-order valence-electron chi connectivity index (χ3n) is 4.63. The molecule has 0 fully saturated rings. The number of H-pyrrole nitrogens is 1. The molecule has 0 atom stereocenters. The monoisotopic (exact) mass is 336 g/mol. The van der Waals surface area contributed by atoms with E-state index in [0.29, 0.717) is 0 Å². The molecule has 4 heteroatoms. The molecule has 1 aromatic heterocycles. The van der Waals surface area contributed by atoms with Gasteiger partial charge in [0.2, 0.25) is 0 Å². The van der Waals surface area contributed by atoms with Gasteiger partial charge in [-0.15, -0.1) is 0 Å². The minimum atomic E-state index is -0.0359. The fraction of sp³-hybridized carbons (Fsp3) is 0.200. The summed E-state index contributed by atoms with van der Waals surface area (Å²) in [7, 11) is 0. The Morgan fingerprint density at radius 2 is 1.33 bits per heavy atom. The second-order valence-corrected chi connectivity index (χ2v) is 6.59. The lowest BCUT2D eigenvalue weighted by molar-refractivity contribution is 0.669. The predicted molar refractivity (Wildman–Crippen MR) is 97.4 cm³/mol. The molecule has 1 heterocycles. The Morgan fingerprint density at radius 1 is 0.792 bits per heavy atom. The molecule has 120 valence electrons. The van der Waals surface area contributed by atoms with Crippen LogP contribution in [0, 0.1) is 0 Å². The van der Waals surface area contributed by atoms with Crippen molar-refractivity contribution in [3.63, 3.8) is 0 Å². The van der Waals surface area contributed by atoms with Crippen molar-refractivity contribution in [1.82, 2.24) is 10.2 Å². The molecule has 0 aliphatic heterocycles. The average Bonchev–Trinajstić information content (AvgIpc) is 2.63.